The maximum absolute atomic E-state index is 11.6. The van der Waals surface area contributed by atoms with Crippen LogP contribution in [0.1, 0.15) is 28.4 Å². The minimum atomic E-state index is -0.409. The molecule has 0 amide bonds. The molecule has 0 saturated carbocycles. The molecule has 0 aliphatic rings. The highest BCUT2D eigenvalue weighted by Crippen LogP contribution is 2.43. The third kappa shape index (κ3) is 2.62. The Bertz CT molecular complexity index is 492. The normalized spacial score (nSPS) is 10.0. The van der Waals surface area contributed by atoms with Crippen molar-refractivity contribution in [2.75, 3.05) is 7.11 Å². The molecule has 19 heavy (non-hydrogen) atoms. The molecule has 0 aliphatic carbocycles. The first-order chi connectivity index (χ1) is 8.99. The van der Waals surface area contributed by atoms with Crippen LogP contribution in [0.25, 0.3) is 0 Å². The van der Waals surface area contributed by atoms with Crippen LogP contribution in [-0.2, 0) is 12.8 Å². The fourth-order valence-electron chi connectivity index (χ4n) is 2.06. The standard InChI is InChI=1S/C15H18O4/c1-5-7-10-13(17)12(9(3)16)14(18)11(8-6-2)15(10)19-4/h5-6,17-18H,1-2,7-8H2,3-4H3. The van der Waals surface area contributed by atoms with Gasteiger partial charge in [-0.3, -0.25) is 4.79 Å². The summed E-state index contributed by atoms with van der Waals surface area (Å²) >= 11 is 0. The largest absolute Gasteiger partial charge is 0.507 e. The van der Waals surface area contributed by atoms with E-state index in [1.54, 1.807) is 12.2 Å². The number of hydrogen-bond donors (Lipinski definition) is 2. The number of allylic oxidation sites excluding steroid dienone is 2. The van der Waals surface area contributed by atoms with Gasteiger partial charge in [0.15, 0.2) is 5.78 Å². The first-order valence-corrected chi connectivity index (χ1v) is 5.85. The van der Waals surface area contributed by atoms with Crippen molar-refractivity contribution in [2.45, 2.75) is 19.8 Å². The fraction of sp³-hybridized carbons (Fsp3) is 0.267. The molecule has 0 atom stereocenters. The van der Waals surface area contributed by atoms with Gasteiger partial charge in [0.1, 0.15) is 22.8 Å². The SMILES string of the molecule is C=CCc1c(O)c(C(C)=O)c(O)c(CC=C)c1OC. The van der Waals surface area contributed by atoms with Gasteiger partial charge in [-0.25, -0.2) is 0 Å². The van der Waals surface area contributed by atoms with Gasteiger partial charge in [-0.2, -0.15) is 0 Å². The minimum absolute atomic E-state index is 0.0884. The van der Waals surface area contributed by atoms with Crippen molar-refractivity contribution in [1.29, 1.82) is 0 Å². The average molecular weight is 262 g/mol. The van der Waals surface area contributed by atoms with Gasteiger partial charge in [0.05, 0.1) is 7.11 Å². The first kappa shape index (κ1) is 14.8. The monoisotopic (exact) mass is 262 g/mol. The summed E-state index contributed by atoms with van der Waals surface area (Å²) in [5.74, 6) is -0.558. The van der Waals surface area contributed by atoms with Crippen molar-refractivity contribution < 1.29 is 19.7 Å². The zero-order valence-corrected chi connectivity index (χ0v) is 11.2. The van der Waals surface area contributed by atoms with Crippen LogP contribution >= 0.6 is 0 Å². The van der Waals surface area contributed by atoms with Crippen molar-refractivity contribution >= 4 is 5.78 Å². The summed E-state index contributed by atoms with van der Waals surface area (Å²) in [4.78, 5) is 11.6. The van der Waals surface area contributed by atoms with E-state index in [1.165, 1.54) is 14.0 Å². The second-order valence-electron chi connectivity index (χ2n) is 4.10. The van der Waals surface area contributed by atoms with E-state index in [-0.39, 0.29) is 17.1 Å². The second-order valence-corrected chi connectivity index (χ2v) is 4.10. The minimum Gasteiger partial charge on any atom is -0.507 e. The smallest absolute Gasteiger partial charge is 0.167 e. The number of carbonyl (C=O) groups excluding carboxylic acids is 1. The highest BCUT2D eigenvalue weighted by molar-refractivity contribution is 6.01. The van der Waals surface area contributed by atoms with Gasteiger partial charge in [-0.1, -0.05) is 12.2 Å². The van der Waals surface area contributed by atoms with Crippen LogP contribution in [0.15, 0.2) is 25.3 Å². The summed E-state index contributed by atoms with van der Waals surface area (Å²) in [6, 6.07) is 0. The van der Waals surface area contributed by atoms with E-state index in [9.17, 15) is 15.0 Å². The number of rotatable bonds is 6. The van der Waals surface area contributed by atoms with Crippen LogP contribution in [0, 0.1) is 0 Å². The number of ether oxygens (including phenoxy) is 1. The number of methoxy groups -OCH3 is 1. The Hall–Kier alpha value is -2.23. The molecule has 0 aromatic heterocycles. The number of Topliss-reactive ketones (excluding diaryl/α,β-unsaturated/α-hetero) is 1. The zero-order chi connectivity index (χ0) is 14.6. The van der Waals surface area contributed by atoms with Crippen LogP contribution in [-0.4, -0.2) is 23.1 Å². The lowest BCUT2D eigenvalue weighted by atomic mass is 9.95. The number of aromatic hydroxyl groups is 2. The Labute approximate surface area is 112 Å². The molecule has 0 aliphatic heterocycles. The van der Waals surface area contributed by atoms with E-state index >= 15 is 0 Å². The third-order valence-electron chi connectivity index (χ3n) is 2.85. The van der Waals surface area contributed by atoms with Crippen LogP contribution < -0.4 is 4.74 Å². The predicted octanol–water partition coefficient (Wildman–Crippen LogP) is 2.77. The molecule has 4 nitrogen and oxygen atoms in total. The Morgan fingerprint density at radius 2 is 1.58 bits per heavy atom. The topological polar surface area (TPSA) is 66.8 Å². The molecular formula is C15H18O4. The number of benzene rings is 1. The summed E-state index contributed by atoms with van der Waals surface area (Å²) in [5.41, 5.74) is 0.796. The molecule has 102 valence electrons. The maximum atomic E-state index is 11.6. The Morgan fingerprint density at radius 3 is 1.84 bits per heavy atom. The molecule has 0 saturated heterocycles. The lowest BCUT2D eigenvalue weighted by Gasteiger charge is -2.18. The first-order valence-electron chi connectivity index (χ1n) is 5.85. The van der Waals surface area contributed by atoms with E-state index < -0.39 is 5.78 Å². The molecule has 0 spiro atoms. The predicted molar refractivity (Wildman–Crippen MR) is 74.1 cm³/mol. The lowest BCUT2D eigenvalue weighted by Crippen LogP contribution is -2.04. The summed E-state index contributed by atoms with van der Waals surface area (Å²) in [5, 5.41) is 20.3. The fourth-order valence-corrected chi connectivity index (χ4v) is 2.06. The quantitative estimate of drug-likeness (QED) is 0.611. The molecule has 0 unspecified atom stereocenters. The molecular weight excluding hydrogens is 244 g/mol. The van der Waals surface area contributed by atoms with Gasteiger partial charge in [-0.05, 0) is 19.8 Å². The van der Waals surface area contributed by atoms with Gasteiger partial charge < -0.3 is 14.9 Å². The maximum Gasteiger partial charge on any atom is 0.167 e. The van der Waals surface area contributed by atoms with Crippen molar-refractivity contribution in [3.8, 4) is 17.2 Å². The van der Waals surface area contributed by atoms with Crippen LogP contribution in [0.5, 0.6) is 17.2 Å². The molecule has 0 bridgehead atoms. The highest BCUT2D eigenvalue weighted by Gasteiger charge is 2.25. The number of phenols is 2. The number of phenolic OH excluding ortho intramolecular Hbond substituents is 2. The van der Waals surface area contributed by atoms with Gasteiger partial charge in [-0.15, -0.1) is 13.2 Å². The van der Waals surface area contributed by atoms with Crippen LogP contribution in [0.3, 0.4) is 0 Å². The molecule has 1 aromatic carbocycles. The van der Waals surface area contributed by atoms with Gasteiger partial charge in [0, 0.05) is 11.1 Å². The molecule has 1 aromatic rings. The lowest BCUT2D eigenvalue weighted by molar-refractivity contribution is 0.101. The highest BCUT2D eigenvalue weighted by atomic mass is 16.5. The summed E-state index contributed by atoms with van der Waals surface area (Å²) in [6.07, 6.45) is 3.85. The Balaban J connectivity index is 3.75. The van der Waals surface area contributed by atoms with Gasteiger partial charge >= 0.3 is 0 Å². The molecule has 1 rings (SSSR count). The molecule has 0 fully saturated rings. The third-order valence-corrected chi connectivity index (χ3v) is 2.85. The Kier molecular flexibility index (Phi) is 4.75. The average Bonchev–Trinajstić information content (AvgIpc) is 2.35. The summed E-state index contributed by atoms with van der Waals surface area (Å²) in [7, 11) is 1.45. The van der Waals surface area contributed by atoms with E-state index in [1.807, 2.05) is 0 Å². The van der Waals surface area contributed by atoms with Crippen LogP contribution in [0.2, 0.25) is 0 Å². The van der Waals surface area contributed by atoms with E-state index in [0.29, 0.717) is 29.7 Å². The van der Waals surface area contributed by atoms with Crippen LogP contribution in [0.4, 0.5) is 0 Å². The van der Waals surface area contributed by atoms with E-state index in [2.05, 4.69) is 13.2 Å². The summed E-state index contributed by atoms with van der Waals surface area (Å²) < 4.78 is 5.25. The Morgan fingerprint density at radius 1 is 1.16 bits per heavy atom. The second kappa shape index (κ2) is 6.09. The van der Waals surface area contributed by atoms with Crippen molar-refractivity contribution in [2.24, 2.45) is 0 Å². The number of carbonyl (C=O) groups is 1. The van der Waals surface area contributed by atoms with Crippen molar-refractivity contribution in [1.82, 2.24) is 0 Å². The summed E-state index contributed by atoms with van der Waals surface area (Å²) in [6.45, 7) is 8.51. The molecule has 2 N–H and O–H groups in total. The van der Waals surface area contributed by atoms with Crippen molar-refractivity contribution in [3.05, 3.63) is 42.0 Å². The number of hydrogen-bond acceptors (Lipinski definition) is 4. The van der Waals surface area contributed by atoms with Crippen molar-refractivity contribution in [3.63, 3.8) is 0 Å². The molecule has 0 heterocycles. The van der Waals surface area contributed by atoms with E-state index in [0.717, 1.165) is 0 Å². The van der Waals surface area contributed by atoms with Gasteiger partial charge in [0.25, 0.3) is 0 Å². The zero-order valence-electron chi connectivity index (χ0n) is 11.2. The van der Waals surface area contributed by atoms with Gasteiger partial charge in [0.2, 0.25) is 0 Å². The van der Waals surface area contributed by atoms with E-state index in [4.69, 9.17) is 4.74 Å². The number of ketones is 1. The molecule has 0 radical (unpaired) electrons. The molecule has 4 heteroatoms.